The van der Waals surface area contributed by atoms with Gasteiger partial charge in [0.25, 0.3) is 11.2 Å². The Bertz CT molecular complexity index is 2130. The van der Waals surface area contributed by atoms with Gasteiger partial charge in [-0.05, 0) is 43.2 Å². The van der Waals surface area contributed by atoms with Crippen LogP contribution in [0.4, 0.5) is 5.69 Å². The number of carbonyl (C=O) groups is 1. The third-order valence-corrected chi connectivity index (χ3v) is 8.65. The van der Waals surface area contributed by atoms with Crippen LogP contribution in [0.25, 0.3) is 17.0 Å². The molecule has 6 rings (SSSR count). The Balaban J connectivity index is 1.49. The minimum absolute atomic E-state index is 0.0358. The molecule has 216 valence electrons. The molecule has 0 saturated heterocycles. The van der Waals surface area contributed by atoms with E-state index in [1.807, 2.05) is 42.6 Å². The Hall–Kier alpha value is -4.80. The molecule has 0 unspecified atom stereocenters. The highest BCUT2D eigenvalue weighted by Gasteiger charge is 2.34. The van der Waals surface area contributed by atoms with E-state index in [1.165, 1.54) is 28.0 Å². The molecule has 0 amide bonds. The van der Waals surface area contributed by atoms with Crippen molar-refractivity contribution in [3.63, 3.8) is 0 Å². The lowest BCUT2D eigenvalue weighted by Crippen LogP contribution is -2.40. The molecular weight excluding hydrogens is 588 g/mol. The predicted octanol–water partition coefficient (Wildman–Crippen LogP) is 5.36. The fourth-order valence-electron chi connectivity index (χ4n) is 5.36. The van der Waals surface area contributed by atoms with Gasteiger partial charge in [-0.15, -0.1) is 0 Å². The predicted molar refractivity (Wildman–Crippen MR) is 166 cm³/mol. The van der Waals surface area contributed by atoms with Crippen LogP contribution in [0.5, 0.6) is 0 Å². The van der Waals surface area contributed by atoms with Crippen molar-refractivity contribution in [1.82, 2.24) is 9.13 Å². The van der Waals surface area contributed by atoms with Crippen LogP contribution in [0, 0.1) is 10.1 Å². The quantitative estimate of drug-likeness (QED) is 0.140. The fourth-order valence-corrected chi connectivity index (χ4v) is 6.64. The van der Waals surface area contributed by atoms with Gasteiger partial charge in [-0.2, -0.15) is 0 Å². The monoisotopic (exact) mass is 612 g/mol. The molecule has 0 N–H and O–H groups in total. The lowest BCUT2D eigenvalue weighted by Gasteiger charge is -2.25. The van der Waals surface area contributed by atoms with E-state index in [0.29, 0.717) is 32.2 Å². The van der Waals surface area contributed by atoms with Gasteiger partial charge in [0, 0.05) is 46.4 Å². The van der Waals surface area contributed by atoms with Gasteiger partial charge >= 0.3 is 5.97 Å². The second-order valence-corrected chi connectivity index (χ2v) is 11.4. The summed E-state index contributed by atoms with van der Waals surface area (Å²) in [5, 5.41) is 12.4. The Morgan fingerprint density at radius 3 is 2.56 bits per heavy atom. The second kappa shape index (κ2) is 11.5. The van der Waals surface area contributed by atoms with Crippen molar-refractivity contribution in [2.45, 2.75) is 26.4 Å². The number of aromatic nitrogens is 2. The zero-order chi connectivity index (χ0) is 30.2. The maximum Gasteiger partial charge on any atom is 0.338 e. The highest BCUT2D eigenvalue weighted by Crippen LogP contribution is 2.34. The molecule has 2 aromatic heterocycles. The molecule has 3 heterocycles. The van der Waals surface area contributed by atoms with Gasteiger partial charge in [-0.1, -0.05) is 71.5 Å². The minimum atomic E-state index is -0.797. The average molecular weight is 613 g/mol. The van der Waals surface area contributed by atoms with Gasteiger partial charge in [-0.3, -0.25) is 19.5 Å². The number of fused-ring (bicyclic) bond motifs is 2. The van der Waals surface area contributed by atoms with Crippen molar-refractivity contribution >= 4 is 51.6 Å². The molecule has 0 aliphatic carbocycles. The Morgan fingerprint density at radius 1 is 1.12 bits per heavy atom. The van der Waals surface area contributed by atoms with Crippen molar-refractivity contribution in [1.29, 1.82) is 0 Å². The van der Waals surface area contributed by atoms with Gasteiger partial charge in [-0.25, -0.2) is 9.79 Å². The third kappa shape index (κ3) is 5.19. The molecule has 0 bridgehead atoms. The summed E-state index contributed by atoms with van der Waals surface area (Å²) in [4.78, 5) is 43.0. The topological polar surface area (TPSA) is 109 Å². The Labute approximate surface area is 254 Å². The number of nitro groups is 1. The summed E-state index contributed by atoms with van der Waals surface area (Å²) in [5.41, 5.74) is 3.77. The molecule has 0 fully saturated rings. The summed E-state index contributed by atoms with van der Waals surface area (Å²) in [7, 11) is 0. The van der Waals surface area contributed by atoms with Gasteiger partial charge in [0.05, 0.1) is 27.3 Å². The molecule has 43 heavy (non-hydrogen) atoms. The van der Waals surface area contributed by atoms with Crippen LogP contribution in [-0.2, 0) is 16.1 Å². The molecule has 9 nitrogen and oxygen atoms in total. The van der Waals surface area contributed by atoms with Gasteiger partial charge < -0.3 is 9.30 Å². The zero-order valence-electron chi connectivity index (χ0n) is 23.2. The lowest BCUT2D eigenvalue weighted by atomic mass is 9.96. The SMILES string of the molecule is CCOC(=O)C1=C(C)N=c2s/c(=C\c3cn(Cc4ccc([N+](=O)[O-])cc4)c4ccccc34)c(=O)n2[C@H]1c1ccccc1Cl. The first kappa shape index (κ1) is 28.3. The summed E-state index contributed by atoms with van der Waals surface area (Å²) in [6, 6.07) is 20.7. The number of non-ortho nitro benzene ring substituents is 1. The van der Waals surface area contributed by atoms with E-state index < -0.39 is 16.9 Å². The van der Waals surface area contributed by atoms with Crippen LogP contribution in [-0.4, -0.2) is 26.6 Å². The molecule has 0 saturated carbocycles. The number of allylic oxidation sites excluding steroid dienone is 1. The first-order valence-corrected chi connectivity index (χ1v) is 14.7. The van der Waals surface area contributed by atoms with Gasteiger partial charge in [0.1, 0.15) is 6.04 Å². The van der Waals surface area contributed by atoms with E-state index >= 15 is 0 Å². The lowest BCUT2D eigenvalue weighted by molar-refractivity contribution is -0.384. The summed E-state index contributed by atoms with van der Waals surface area (Å²) < 4.78 is 9.39. The Morgan fingerprint density at radius 2 is 1.84 bits per heavy atom. The number of thiazole rings is 1. The second-order valence-electron chi connectivity index (χ2n) is 9.98. The number of ether oxygens (including phenoxy) is 1. The average Bonchev–Trinajstić information content (AvgIpc) is 3.49. The molecular formula is C32H25ClN4O5S. The van der Waals surface area contributed by atoms with Gasteiger partial charge in [0.15, 0.2) is 4.80 Å². The van der Waals surface area contributed by atoms with Crippen molar-refractivity contribution < 1.29 is 14.5 Å². The van der Waals surface area contributed by atoms with Gasteiger partial charge in [0.2, 0.25) is 0 Å². The first-order chi connectivity index (χ1) is 20.8. The number of para-hydroxylation sites is 1. The highest BCUT2D eigenvalue weighted by molar-refractivity contribution is 7.07. The number of nitro benzene ring substituents is 1. The van der Waals surface area contributed by atoms with Crippen LogP contribution in [0.3, 0.4) is 0 Å². The smallest absolute Gasteiger partial charge is 0.338 e. The van der Waals surface area contributed by atoms with E-state index in [1.54, 1.807) is 44.2 Å². The summed E-state index contributed by atoms with van der Waals surface area (Å²) >= 11 is 7.85. The molecule has 11 heteroatoms. The number of hydrogen-bond donors (Lipinski definition) is 0. The molecule has 0 spiro atoms. The van der Waals surface area contributed by atoms with Crippen LogP contribution in [0.2, 0.25) is 5.02 Å². The number of benzene rings is 3. The molecule has 1 atom stereocenters. The Kier molecular flexibility index (Phi) is 7.55. The highest BCUT2D eigenvalue weighted by atomic mass is 35.5. The number of nitrogens with zero attached hydrogens (tertiary/aromatic N) is 4. The van der Waals surface area contributed by atoms with Crippen molar-refractivity contribution in [3.8, 4) is 0 Å². The summed E-state index contributed by atoms with van der Waals surface area (Å²) in [6.07, 6.45) is 3.80. The maximum absolute atomic E-state index is 14.1. The minimum Gasteiger partial charge on any atom is -0.463 e. The van der Waals surface area contributed by atoms with Crippen LogP contribution in [0.1, 0.15) is 36.6 Å². The molecule has 3 aromatic carbocycles. The number of carbonyl (C=O) groups excluding carboxylic acids is 1. The molecule has 1 aliphatic rings. The number of halogens is 1. The number of rotatable bonds is 7. The first-order valence-electron chi connectivity index (χ1n) is 13.5. The molecule has 1 aliphatic heterocycles. The van der Waals surface area contributed by atoms with Crippen LogP contribution < -0.4 is 14.9 Å². The summed E-state index contributed by atoms with van der Waals surface area (Å²) in [6.45, 7) is 4.13. The standard InChI is InChI=1S/C32H25ClN4O5S/c1-3-42-31(39)28-19(2)34-32-36(29(28)24-9-4-6-10-25(24)33)30(38)27(43-32)16-21-18-35(26-11-7-5-8-23(21)26)17-20-12-14-22(15-13-20)37(40)41/h4-16,18,29H,3,17H2,1-2H3/b27-16-/t29-/m0/s1. The van der Waals surface area contributed by atoms with Crippen LogP contribution >= 0.6 is 22.9 Å². The fraction of sp³-hybridized carbons (Fsp3) is 0.156. The van der Waals surface area contributed by atoms with Crippen molar-refractivity contribution in [2.24, 2.45) is 4.99 Å². The number of hydrogen-bond acceptors (Lipinski definition) is 7. The largest absolute Gasteiger partial charge is 0.463 e. The van der Waals surface area contributed by atoms with Crippen molar-refractivity contribution in [2.75, 3.05) is 6.61 Å². The van der Waals surface area contributed by atoms with Crippen molar-refractivity contribution in [3.05, 3.63) is 142 Å². The van der Waals surface area contributed by atoms with E-state index in [4.69, 9.17) is 16.3 Å². The normalized spacial score (nSPS) is 15.0. The van der Waals surface area contributed by atoms with Crippen LogP contribution in [0.15, 0.2) is 100 Å². The molecule has 0 radical (unpaired) electrons. The third-order valence-electron chi connectivity index (χ3n) is 7.32. The zero-order valence-corrected chi connectivity index (χ0v) is 24.8. The van der Waals surface area contributed by atoms with E-state index in [0.717, 1.165) is 22.0 Å². The van der Waals surface area contributed by atoms with E-state index in [-0.39, 0.29) is 23.4 Å². The molecule has 5 aromatic rings. The number of esters is 1. The maximum atomic E-state index is 14.1. The van der Waals surface area contributed by atoms with E-state index in [2.05, 4.69) is 9.56 Å². The van der Waals surface area contributed by atoms with E-state index in [9.17, 15) is 19.7 Å². The summed E-state index contributed by atoms with van der Waals surface area (Å²) in [5.74, 6) is -0.544.